The lowest BCUT2D eigenvalue weighted by Gasteiger charge is -2.25. The van der Waals surface area contributed by atoms with Crippen LogP contribution in [0.25, 0.3) is 0 Å². The van der Waals surface area contributed by atoms with Gasteiger partial charge in [0.1, 0.15) is 0 Å². The lowest BCUT2D eigenvalue weighted by Crippen LogP contribution is -2.30. The van der Waals surface area contributed by atoms with Crippen LogP contribution in [0.2, 0.25) is 0 Å². The Morgan fingerprint density at radius 1 is 1.07 bits per heavy atom. The summed E-state index contributed by atoms with van der Waals surface area (Å²) < 4.78 is 38.3. The van der Waals surface area contributed by atoms with E-state index in [1.165, 1.54) is 28.6 Å². The molecule has 2 aromatic carbocycles. The van der Waals surface area contributed by atoms with Crippen molar-refractivity contribution in [2.45, 2.75) is 23.8 Å². The van der Waals surface area contributed by atoms with E-state index in [2.05, 4.69) is 0 Å². The smallest absolute Gasteiger partial charge is 0.248 e. The molecule has 0 aromatic heterocycles. The molecule has 0 radical (unpaired) electrons. The van der Waals surface area contributed by atoms with Crippen LogP contribution in [0.4, 0.5) is 0 Å². The van der Waals surface area contributed by atoms with Crippen LogP contribution < -0.4 is 15.2 Å². The monoisotopic (exact) mass is 390 g/mol. The van der Waals surface area contributed by atoms with E-state index in [4.69, 9.17) is 15.2 Å². The van der Waals surface area contributed by atoms with Crippen LogP contribution in [0.5, 0.6) is 11.5 Å². The fourth-order valence-electron chi connectivity index (χ4n) is 3.35. The van der Waals surface area contributed by atoms with E-state index >= 15 is 0 Å². The number of nitrogens with two attached hydrogens (primary N) is 1. The van der Waals surface area contributed by atoms with Gasteiger partial charge in [-0.2, -0.15) is 4.31 Å². The number of amides is 1. The standard InChI is InChI=1S/C19H22N2O5S/c1-25-17-10-7-14(12-18(17)26-2)16-4-3-11-21(16)27(23,24)15-8-5-13(6-9-15)19(20)22/h5-10,12,16H,3-4,11H2,1-2H3,(H2,20,22). The lowest BCUT2D eigenvalue weighted by molar-refractivity contribution is 0.1000. The number of benzene rings is 2. The molecular formula is C19H22N2O5S. The number of ether oxygens (including phenoxy) is 2. The second-order valence-electron chi connectivity index (χ2n) is 6.28. The van der Waals surface area contributed by atoms with E-state index in [1.54, 1.807) is 20.3 Å². The molecule has 1 amide bonds. The summed E-state index contributed by atoms with van der Waals surface area (Å²) in [5.74, 6) is 0.559. The average Bonchev–Trinajstić information content (AvgIpc) is 3.18. The minimum Gasteiger partial charge on any atom is -0.493 e. The Bertz CT molecular complexity index is 941. The molecular weight excluding hydrogens is 368 g/mol. The number of rotatable bonds is 6. The predicted octanol–water partition coefficient (Wildman–Crippen LogP) is 2.33. The molecule has 144 valence electrons. The van der Waals surface area contributed by atoms with E-state index < -0.39 is 15.9 Å². The Morgan fingerprint density at radius 3 is 2.33 bits per heavy atom. The highest BCUT2D eigenvalue weighted by molar-refractivity contribution is 7.89. The van der Waals surface area contributed by atoms with Gasteiger partial charge in [0.05, 0.1) is 25.2 Å². The summed E-state index contributed by atoms with van der Waals surface area (Å²) in [5, 5.41) is 0. The Hall–Kier alpha value is -2.58. The molecule has 2 aromatic rings. The summed E-state index contributed by atoms with van der Waals surface area (Å²) >= 11 is 0. The Kier molecular flexibility index (Phi) is 5.38. The van der Waals surface area contributed by atoms with Gasteiger partial charge in [0, 0.05) is 12.1 Å². The van der Waals surface area contributed by atoms with Crippen molar-refractivity contribution in [1.29, 1.82) is 0 Å². The number of primary amides is 1. The van der Waals surface area contributed by atoms with E-state index in [0.717, 1.165) is 12.0 Å². The molecule has 1 aliphatic rings. The van der Waals surface area contributed by atoms with E-state index in [1.807, 2.05) is 12.1 Å². The molecule has 27 heavy (non-hydrogen) atoms. The topological polar surface area (TPSA) is 98.9 Å². The molecule has 1 fully saturated rings. The number of hydrogen-bond acceptors (Lipinski definition) is 5. The molecule has 2 N–H and O–H groups in total. The van der Waals surface area contributed by atoms with Crippen LogP contribution >= 0.6 is 0 Å². The number of sulfonamides is 1. The Labute approximate surface area is 158 Å². The van der Waals surface area contributed by atoms with Gasteiger partial charge in [-0.3, -0.25) is 4.79 Å². The fourth-order valence-corrected chi connectivity index (χ4v) is 5.03. The molecule has 1 heterocycles. The van der Waals surface area contributed by atoms with Gasteiger partial charge >= 0.3 is 0 Å². The van der Waals surface area contributed by atoms with Crippen LogP contribution in [0.3, 0.4) is 0 Å². The summed E-state index contributed by atoms with van der Waals surface area (Å²) in [6.45, 7) is 0.429. The van der Waals surface area contributed by atoms with Crippen molar-refractivity contribution < 1.29 is 22.7 Å². The molecule has 0 spiro atoms. The van der Waals surface area contributed by atoms with Gasteiger partial charge in [-0.1, -0.05) is 6.07 Å². The molecule has 0 bridgehead atoms. The number of methoxy groups -OCH3 is 2. The van der Waals surface area contributed by atoms with E-state index in [9.17, 15) is 13.2 Å². The van der Waals surface area contributed by atoms with Crippen LogP contribution in [0.1, 0.15) is 34.8 Å². The molecule has 1 unspecified atom stereocenters. The number of carbonyl (C=O) groups excluding carboxylic acids is 1. The lowest BCUT2D eigenvalue weighted by atomic mass is 10.0. The van der Waals surface area contributed by atoms with Crippen molar-refractivity contribution in [2.75, 3.05) is 20.8 Å². The maximum atomic E-state index is 13.1. The third-order valence-electron chi connectivity index (χ3n) is 4.74. The highest BCUT2D eigenvalue weighted by Crippen LogP contribution is 2.39. The van der Waals surface area contributed by atoms with Gasteiger partial charge in [-0.25, -0.2) is 8.42 Å². The molecule has 8 heteroatoms. The quantitative estimate of drug-likeness (QED) is 0.816. The van der Waals surface area contributed by atoms with Crippen molar-refractivity contribution in [3.8, 4) is 11.5 Å². The SMILES string of the molecule is COc1ccc(C2CCCN2S(=O)(=O)c2ccc(C(N)=O)cc2)cc1OC. The zero-order valence-electron chi connectivity index (χ0n) is 15.2. The molecule has 7 nitrogen and oxygen atoms in total. The summed E-state index contributed by atoms with van der Waals surface area (Å²) in [7, 11) is -0.603. The molecule has 1 aliphatic heterocycles. The van der Waals surface area contributed by atoms with Gasteiger partial charge in [0.25, 0.3) is 0 Å². The van der Waals surface area contributed by atoms with Gasteiger partial charge in [-0.05, 0) is 54.8 Å². The van der Waals surface area contributed by atoms with Crippen molar-refractivity contribution in [2.24, 2.45) is 5.73 Å². The average molecular weight is 390 g/mol. The van der Waals surface area contributed by atoms with Crippen molar-refractivity contribution in [1.82, 2.24) is 4.31 Å². The molecule has 0 saturated carbocycles. The third-order valence-corrected chi connectivity index (χ3v) is 6.66. The first-order chi connectivity index (χ1) is 12.9. The number of carbonyl (C=O) groups is 1. The van der Waals surface area contributed by atoms with Gasteiger partial charge in [0.2, 0.25) is 15.9 Å². The first-order valence-electron chi connectivity index (χ1n) is 8.52. The van der Waals surface area contributed by atoms with Gasteiger partial charge < -0.3 is 15.2 Å². The van der Waals surface area contributed by atoms with Crippen LogP contribution in [-0.2, 0) is 10.0 Å². The summed E-state index contributed by atoms with van der Waals surface area (Å²) in [6, 6.07) is 10.8. The molecule has 3 rings (SSSR count). The number of nitrogens with zero attached hydrogens (tertiary/aromatic N) is 1. The Balaban J connectivity index is 1.94. The fraction of sp³-hybridized carbons (Fsp3) is 0.316. The minimum absolute atomic E-state index is 0.139. The second kappa shape index (κ2) is 7.58. The predicted molar refractivity (Wildman–Crippen MR) is 100 cm³/mol. The summed E-state index contributed by atoms with van der Waals surface area (Å²) in [6.07, 6.45) is 1.48. The van der Waals surface area contributed by atoms with Crippen molar-refractivity contribution in [3.05, 3.63) is 53.6 Å². The maximum absolute atomic E-state index is 13.1. The van der Waals surface area contributed by atoms with Gasteiger partial charge in [0.15, 0.2) is 11.5 Å². The zero-order valence-corrected chi connectivity index (χ0v) is 16.0. The second-order valence-corrected chi connectivity index (χ2v) is 8.17. The molecule has 0 aliphatic carbocycles. The maximum Gasteiger partial charge on any atom is 0.248 e. The first kappa shape index (κ1) is 19.2. The largest absolute Gasteiger partial charge is 0.493 e. The van der Waals surface area contributed by atoms with Crippen LogP contribution in [0, 0.1) is 0 Å². The zero-order chi connectivity index (χ0) is 19.6. The summed E-state index contributed by atoms with van der Waals surface area (Å²) in [5.41, 5.74) is 6.34. The Morgan fingerprint density at radius 2 is 1.74 bits per heavy atom. The van der Waals surface area contributed by atoms with Crippen LogP contribution in [-0.4, -0.2) is 39.4 Å². The van der Waals surface area contributed by atoms with Crippen molar-refractivity contribution >= 4 is 15.9 Å². The van der Waals surface area contributed by atoms with E-state index in [0.29, 0.717) is 24.5 Å². The highest BCUT2D eigenvalue weighted by Gasteiger charge is 2.36. The first-order valence-corrected chi connectivity index (χ1v) is 9.96. The molecule has 1 saturated heterocycles. The summed E-state index contributed by atoms with van der Waals surface area (Å²) in [4.78, 5) is 11.3. The van der Waals surface area contributed by atoms with Gasteiger partial charge in [-0.15, -0.1) is 0 Å². The van der Waals surface area contributed by atoms with E-state index in [-0.39, 0.29) is 16.5 Å². The number of hydrogen-bond donors (Lipinski definition) is 1. The minimum atomic E-state index is -3.70. The normalized spacial score (nSPS) is 17.6. The molecule has 1 atom stereocenters. The highest BCUT2D eigenvalue weighted by atomic mass is 32.2. The third kappa shape index (κ3) is 3.63. The van der Waals surface area contributed by atoms with Crippen LogP contribution in [0.15, 0.2) is 47.4 Å². The van der Waals surface area contributed by atoms with Crippen molar-refractivity contribution in [3.63, 3.8) is 0 Å².